The number of benzene rings is 1. The molecule has 1 aromatic carbocycles. The molecule has 0 aliphatic rings. The molecule has 0 heterocycles. The van der Waals surface area contributed by atoms with Gasteiger partial charge in [0.15, 0.2) is 0 Å². The second kappa shape index (κ2) is 11.1. The van der Waals surface area contributed by atoms with E-state index < -0.39 is 0 Å². The maximum absolute atomic E-state index is 5.97. The summed E-state index contributed by atoms with van der Waals surface area (Å²) in [6, 6.07) is 8.14. The van der Waals surface area contributed by atoms with Crippen LogP contribution in [0.5, 0.6) is 0 Å². The van der Waals surface area contributed by atoms with Crippen molar-refractivity contribution in [1.29, 1.82) is 0 Å². The lowest BCUT2D eigenvalue weighted by atomic mass is 10.1. The second-order valence-corrected chi connectivity index (χ2v) is 4.88. The molecule has 0 fully saturated rings. The number of hydrogen-bond acceptors (Lipinski definition) is 4. The minimum Gasteiger partial charge on any atom is -0.382 e. The minimum atomic E-state index is 0.259. The van der Waals surface area contributed by atoms with Crippen molar-refractivity contribution >= 4 is 11.6 Å². The topological polar surface area (TPSA) is 39.7 Å². The largest absolute Gasteiger partial charge is 0.382 e. The van der Waals surface area contributed by atoms with Crippen molar-refractivity contribution < 1.29 is 14.2 Å². The Balaban J connectivity index is 2.01. The first-order valence-electron chi connectivity index (χ1n) is 6.87. The standard InChI is InChI=1S/C15H24ClNO3/c1-13(14-4-3-5-15(16)12-14)17-6-7-19-10-11-20-9-8-18-2/h3-5,12-13,17H,6-11H2,1-2H3/t13-/m0/s1. The van der Waals surface area contributed by atoms with Crippen LogP contribution in [0.15, 0.2) is 24.3 Å². The fourth-order valence-corrected chi connectivity index (χ4v) is 1.90. The van der Waals surface area contributed by atoms with Crippen LogP contribution in [-0.2, 0) is 14.2 Å². The maximum Gasteiger partial charge on any atom is 0.0701 e. The highest BCUT2D eigenvalue weighted by atomic mass is 35.5. The van der Waals surface area contributed by atoms with Gasteiger partial charge < -0.3 is 19.5 Å². The zero-order chi connectivity index (χ0) is 14.6. The van der Waals surface area contributed by atoms with Crippen molar-refractivity contribution in [3.05, 3.63) is 34.9 Å². The third-order valence-electron chi connectivity index (χ3n) is 2.85. The van der Waals surface area contributed by atoms with Gasteiger partial charge in [-0.2, -0.15) is 0 Å². The molecular formula is C15H24ClNO3. The van der Waals surface area contributed by atoms with Crippen LogP contribution in [0, 0.1) is 0 Å². The Morgan fingerprint density at radius 2 is 1.80 bits per heavy atom. The molecule has 1 atom stereocenters. The Morgan fingerprint density at radius 3 is 2.50 bits per heavy atom. The SMILES string of the molecule is COCCOCCOCCN[C@@H](C)c1cccc(Cl)c1. The van der Waals surface area contributed by atoms with Gasteiger partial charge in [0.05, 0.1) is 33.0 Å². The molecule has 0 radical (unpaired) electrons. The Morgan fingerprint density at radius 1 is 1.10 bits per heavy atom. The molecule has 0 aromatic heterocycles. The predicted octanol–water partition coefficient (Wildman–Crippen LogP) is 2.67. The second-order valence-electron chi connectivity index (χ2n) is 4.45. The van der Waals surface area contributed by atoms with E-state index in [1.54, 1.807) is 7.11 Å². The zero-order valence-corrected chi connectivity index (χ0v) is 13.0. The molecule has 0 bridgehead atoms. The molecule has 0 spiro atoms. The molecule has 1 N–H and O–H groups in total. The Labute approximate surface area is 126 Å². The summed E-state index contributed by atoms with van der Waals surface area (Å²) in [4.78, 5) is 0. The number of hydrogen-bond donors (Lipinski definition) is 1. The average molecular weight is 302 g/mol. The van der Waals surface area contributed by atoms with Crippen LogP contribution in [0.3, 0.4) is 0 Å². The number of ether oxygens (including phenoxy) is 3. The van der Waals surface area contributed by atoms with E-state index in [9.17, 15) is 0 Å². The fourth-order valence-electron chi connectivity index (χ4n) is 1.71. The van der Waals surface area contributed by atoms with E-state index in [1.807, 2.05) is 18.2 Å². The molecule has 0 saturated heterocycles. The van der Waals surface area contributed by atoms with Gasteiger partial charge in [-0.3, -0.25) is 0 Å². The Bertz CT molecular complexity index is 363. The van der Waals surface area contributed by atoms with Gasteiger partial charge in [-0.05, 0) is 24.6 Å². The molecule has 20 heavy (non-hydrogen) atoms. The van der Waals surface area contributed by atoms with Crippen molar-refractivity contribution in [2.45, 2.75) is 13.0 Å². The fraction of sp³-hybridized carbons (Fsp3) is 0.600. The zero-order valence-electron chi connectivity index (χ0n) is 12.2. The lowest BCUT2D eigenvalue weighted by Gasteiger charge is -2.14. The summed E-state index contributed by atoms with van der Waals surface area (Å²) in [5.74, 6) is 0. The lowest BCUT2D eigenvalue weighted by molar-refractivity contribution is 0.0253. The third-order valence-corrected chi connectivity index (χ3v) is 3.08. The van der Waals surface area contributed by atoms with Crippen LogP contribution in [0.2, 0.25) is 5.02 Å². The van der Waals surface area contributed by atoms with E-state index >= 15 is 0 Å². The van der Waals surface area contributed by atoms with Gasteiger partial charge in [-0.25, -0.2) is 0 Å². The molecule has 0 aliphatic carbocycles. The first kappa shape index (κ1) is 17.4. The van der Waals surface area contributed by atoms with E-state index in [4.69, 9.17) is 25.8 Å². The molecule has 0 saturated carbocycles. The van der Waals surface area contributed by atoms with Crippen molar-refractivity contribution in [2.24, 2.45) is 0 Å². The van der Waals surface area contributed by atoms with Crippen LogP contribution in [0.4, 0.5) is 0 Å². The first-order valence-corrected chi connectivity index (χ1v) is 7.25. The van der Waals surface area contributed by atoms with Gasteiger partial charge in [0, 0.05) is 24.7 Å². The van der Waals surface area contributed by atoms with Crippen LogP contribution < -0.4 is 5.32 Å². The van der Waals surface area contributed by atoms with Crippen LogP contribution in [0.1, 0.15) is 18.5 Å². The van der Waals surface area contributed by atoms with Crippen molar-refractivity contribution in [1.82, 2.24) is 5.32 Å². The van der Waals surface area contributed by atoms with Crippen molar-refractivity contribution in [3.63, 3.8) is 0 Å². The van der Waals surface area contributed by atoms with E-state index in [0.29, 0.717) is 33.0 Å². The van der Waals surface area contributed by atoms with Gasteiger partial charge >= 0.3 is 0 Å². The molecule has 0 aliphatic heterocycles. The summed E-state index contributed by atoms with van der Waals surface area (Å²) in [5, 5.41) is 4.16. The van der Waals surface area contributed by atoms with Gasteiger partial charge in [-0.1, -0.05) is 23.7 Å². The first-order chi connectivity index (χ1) is 9.74. The van der Waals surface area contributed by atoms with Gasteiger partial charge in [-0.15, -0.1) is 0 Å². The van der Waals surface area contributed by atoms with E-state index in [2.05, 4.69) is 18.3 Å². The van der Waals surface area contributed by atoms with E-state index in [1.165, 1.54) is 5.56 Å². The smallest absolute Gasteiger partial charge is 0.0701 e. The molecule has 1 aromatic rings. The quantitative estimate of drug-likeness (QED) is 0.638. The van der Waals surface area contributed by atoms with Crippen molar-refractivity contribution in [2.75, 3.05) is 46.7 Å². The average Bonchev–Trinajstić information content (AvgIpc) is 2.45. The molecule has 114 valence electrons. The van der Waals surface area contributed by atoms with Gasteiger partial charge in [0.1, 0.15) is 0 Å². The number of nitrogens with one attached hydrogen (secondary N) is 1. The lowest BCUT2D eigenvalue weighted by Crippen LogP contribution is -2.24. The third kappa shape index (κ3) is 7.82. The van der Waals surface area contributed by atoms with Gasteiger partial charge in [0.25, 0.3) is 0 Å². The normalized spacial score (nSPS) is 12.6. The molecule has 0 amide bonds. The Kier molecular flexibility index (Phi) is 9.62. The van der Waals surface area contributed by atoms with Gasteiger partial charge in [0.2, 0.25) is 0 Å². The van der Waals surface area contributed by atoms with Crippen LogP contribution in [-0.4, -0.2) is 46.7 Å². The van der Waals surface area contributed by atoms with Crippen LogP contribution in [0.25, 0.3) is 0 Å². The summed E-state index contributed by atoms with van der Waals surface area (Å²) in [5.41, 5.74) is 1.18. The number of rotatable bonds is 11. The summed E-state index contributed by atoms with van der Waals surface area (Å²) in [6.07, 6.45) is 0. The summed E-state index contributed by atoms with van der Waals surface area (Å²) >= 11 is 5.97. The highest BCUT2D eigenvalue weighted by Gasteiger charge is 2.04. The van der Waals surface area contributed by atoms with Crippen LogP contribution >= 0.6 is 11.6 Å². The highest BCUT2D eigenvalue weighted by molar-refractivity contribution is 6.30. The Hall–Kier alpha value is -0.650. The number of halogens is 1. The maximum atomic E-state index is 5.97. The predicted molar refractivity (Wildman–Crippen MR) is 81.4 cm³/mol. The molecule has 0 unspecified atom stereocenters. The summed E-state index contributed by atoms with van der Waals surface area (Å²) in [7, 11) is 1.66. The summed E-state index contributed by atoms with van der Waals surface area (Å²) < 4.78 is 15.6. The molecule has 1 rings (SSSR count). The van der Waals surface area contributed by atoms with E-state index in [0.717, 1.165) is 11.6 Å². The number of methoxy groups -OCH3 is 1. The molecule has 5 heteroatoms. The van der Waals surface area contributed by atoms with E-state index in [-0.39, 0.29) is 6.04 Å². The van der Waals surface area contributed by atoms with Crippen molar-refractivity contribution in [3.8, 4) is 0 Å². The monoisotopic (exact) mass is 301 g/mol. The highest BCUT2D eigenvalue weighted by Crippen LogP contribution is 2.16. The minimum absolute atomic E-state index is 0.259. The molecule has 4 nitrogen and oxygen atoms in total. The molecular weight excluding hydrogens is 278 g/mol. The summed E-state index contributed by atoms with van der Waals surface area (Å²) in [6.45, 7) is 6.02.